The van der Waals surface area contributed by atoms with Gasteiger partial charge in [-0.1, -0.05) is 6.92 Å². The first-order chi connectivity index (χ1) is 5.91. The van der Waals surface area contributed by atoms with Crippen molar-refractivity contribution in [3.05, 3.63) is 0 Å². The molecule has 0 aromatic rings. The van der Waals surface area contributed by atoms with E-state index in [1.807, 2.05) is 0 Å². The van der Waals surface area contributed by atoms with Crippen molar-refractivity contribution in [1.29, 1.82) is 5.26 Å². The molecule has 0 heterocycles. The molecule has 13 heavy (non-hydrogen) atoms. The van der Waals surface area contributed by atoms with Gasteiger partial charge >= 0.3 is 0 Å². The molecule has 1 aliphatic carbocycles. The maximum atomic E-state index is 12.7. The van der Waals surface area contributed by atoms with E-state index >= 15 is 0 Å². The van der Waals surface area contributed by atoms with Gasteiger partial charge in [-0.25, -0.2) is 8.78 Å². The molecule has 1 aliphatic rings. The van der Waals surface area contributed by atoms with Crippen LogP contribution in [0.15, 0.2) is 0 Å². The number of rotatable bonds is 2. The Morgan fingerprint density at radius 1 is 1.69 bits per heavy atom. The number of amides is 1. The highest BCUT2D eigenvalue weighted by Crippen LogP contribution is 2.54. The molecule has 1 rings (SSSR count). The lowest BCUT2D eigenvalue weighted by atomic mass is 10.3. The highest BCUT2D eigenvalue weighted by molar-refractivity contribution is 5.83. The van der Waals surface area contributed by atoms with Gasteiger partial charge < -0.3 is 5.32 Å². The normalized spacial score (nSPS) is 31.6. The second kappa shape index (κ2) is 2.95. The summed E-state index contributed by atoms with van der Waals surface area (Å²) in [6, 6.07) is 1.03. The quantitative estimate of drug-likeness (QED) is 0.700. The number of hydrogen-bond donors (Lipinski definition) is 1. The molecule has 0 radical (unpaired) electrons. The molecule has 1 fully saturated rings. The molecule has 3 atom stereocenters. The van der Waals surface area contributed by atoms with E-state index in [0.29, 0.717) is 0 Å². The molecule has 0 saturated heterocycles. The van der Waals surface area contributed by atoms with Gasteiger partial charge in [0.1, 0.15) is 12.0 Å². The van der Waals surface area contributed by atoms with Crippen LogP contribution in [-0.2, 0) is 4.79 Å². The molecule has 0 aromatic carbocycles. The van der Waals surface area contributed by atoms with Crippen molar-refractivity contribution in [2.75, 3.05) is 0 Å². The summed E-state index contributed by atoms with van der Waals surface area (Å²) < 4.78 is 25.3. The Bertz CT molecular complexity index is 272. The van der Waals surface area contributed by atoms with E-state index in [1.165, 1.54) is 13.8 Å². The summed E-state index contributed by atoms with van der Waals surface area (Å²) in [6.07, 6.45) is 0. The topological polar surface area (TPSA) is 52.9 Å². The second-order valence-corrected chi connectivity index (χ2v) is 3.30. The molecule has 0 spiro atoms. The van der Waals surface area contributed by atoms with Crippen LogP contribution in [0.2, 0.25) is 0 Å². The van der Waals surface area contributed by atoms with E-state index < -0.39 is 29.7 Å². The van der Waals surface area contributed by atoms with Crippen molar-refractivity contribution in [3.8, 4) is 6.07 Å². The molecule has 1 amide bonds. The number of nitrogens with zero attached hydrogens (tertiary/aromatic N) is 1. The Morgan fingerprint density at radius 3 is 2.46 bits per heavy atom. The Kier molecular flexibility index (Phi) is 2.24. The van der Waals surface area contributed by atoms with Gasteiger partial charge in [-0.2, -0.15) is 5.26 Å². The predicted molar refractivity (Wildman–Crippen MR) is 40.8 cm³/mol. The van der Waals surface area contributed by atoms with Crippen molar-refractivity contribution in [2.45, 2.75) is 25.8 Å². The van der Waals surface area contributed by atoms with E-state index in [2.05, 4.69) is 5.32 Å². The maximum Gasteiger partial charge on any atom is 0.263 e. The standard InChI is InChI=1S/C8H10F2N2O/c1-4(3-11)12-7(13)6-5(2)8(6,9)10/h4-6H,1-2H3,(H,12,13). The van der Waals surface area contributed by atoms with Crippen molar-refractivity contribution in [1.82, 2.24) is 5.32 Å². The average Bonchev–Trinajstić information content (AvgIpc) is 2.51. The Labute approximate surface area is 74.7 Å². The van der Waals surface area contributed by atoms with E-state index in [9.17, 15) is 13.6 Å². The van der Waals surface area contributed by atoms with Crippen LogP contribution in [0.5, 0.6) is 0 Å². The number of halogens is 2. The largest absolute Gasteiger partial charge is 0.340 e. The molecule has 0 bridgehead atoms. The molecule has 0 aliphatic heterocycles. The highest BCUT2D eigenvalue weighted by atomic mass is 19.3. The number of carbonyl (C=O) groups is 1. The third-order valence-electron chi connectivity index (χ3n) is 2.25. The van der Waals surface area contributed by atoms with E-state index in [4.69, 9.17) is 5.26 Å². The van der Waals surface area contributed by atoms with Crippen LogP contribution in [-0.4, -0.2) is 17.9 Å². The van der Waals surface area contributed by atoms with Crippen LogP contribution in [0.3, 0.4) is 0 Å². The fourth-order valence-corrected chi connectivity index (χ4v) is 1.22. The van der Waals surface area contributed by atoms with Crippen molar-refractivity contribution in [2.24, 2.45) is 11.8 Å². The van der Waals surface area contributed by atoms with Crippen molar-refractivity contribution >= 4 is 5.91 Å². The first-order valence-electron chi connectivity index (χ1n) is 3.99. The smallest absolute Gasteiger partial charge is 0.263 e. The van der Waals surface area contributed by atoms with Crippen LogP contribution in [0.1, 0.15) is 13.8 Å². The molecule has 5 heteroatoms. The van der Waals surface area contributed by atoms with Gasteiger partial charge in [-0.05, 0) is 6.92 Å². The van der Waals surface area contributed by atoms with Crippen molar-refractivity contribution in [3.63, 3.8) is 0 Å². The molecule has 0 aromatic heterocycles. The molecule has 1 N–H and O–H groups in total. The van der Waals surface area contributed by atoms with Gasteiger partial charge in [0.2, 0.25) is 5.91 Å². The minimum Gasteiger partial charge on any atom is -0.340 e. The van der Waals surface area contributed by atoms with Crippen LogP contribution in [0, 0.1) is 23.2 Å². The van der Waals surface area contributed by atoms with Gasteiger partial charge in [-0.3, -0.25) is 4.79 Å². The van der Waals surface area contributed by atoms with Gasteiger partial charge in [0.15, 0.2) is 0 Å². The monoisotopic (exact) mass is 188 g/mol. The number of nitrogens with one attached hydrogen (secondary N) is 1. The Hall–Kier alpha value is -1.18. The first-order valence-corrected chi connectivity index (χ1v) is 3.99. The number of carbonyl (C=O) groups excluding carboxylic acids is 1. The van der Waals surface area contributed by atoms with Crippen LogP contribution in [0.25, 0.3) is 0 Å². The number of alkyl halides is 2. The molecule has 3 unspecified atom stereocenters. The zero-order valence-electron chi connectivity index (χ0n) is 7.34. The molecule has 72 valence electrons. The van der Waals surface area contributed by atoms with Gasteiger partial charge in [0.25, 0.3) is 5.92 Å². The second-order valence-electron chi connectivity index (χ2n) is 3.30. The summed E-state index contributed by atoms with van der Waals surface area (Å²) >= 11 is 0. The van der Waals surface area contributed by atoms with E-state index in [1.54, 1.807) is 6.07 Å². The van der Waals surface area contributed by atoms with E-state index in [-0.39, 0.29) is 0 Å². The lowest BCUT2D eigenvalue weighted by Gasteiger charge is -2.04. The SMILES string of the molecule is CC(C#N)NC(=O)C1C(C)C1(F)F. The number of nitriles is 1. The minimum atomic E-state index is -2.89. The molecule has 1 saturated carbocycles. The lowest BCUT2D eigenvalue weighted by molar-refractivity contribution is -0.124. The Morgan fingerprint density at radius 2 is 2.15 bits per heavy atom. The van der Waals surface area contributed by atoms with Crippen LogP contribution < -0.4 is 5.32 Å². The third kappa shape index (κ3) is 1.62. The summed E-state index contributed by atoms with van der Waals surface area (Å²) in [6.45, 7) is 2.77. The van der Waals surface area contributed by atoms with Crippen LogP contribution >= 0.6 is 0 Å². The van der Waals surface area contributed by atoms with Crippen molar-refractivity contribution < 1.29 is 13.6 Å². The zero-order chi connectivity index (χ0) is 10.2. The third-order valence-corrected chi connectivity index (χ3v) is 2.25. The molecule has 3 nitrogen and oxygen atoms in total. The molecular weight excluding hydrogens is 178 g/mol. The maximum absolute atomic E-state index is 12.7. The zero-order valence-corrected chi connectivity index (χ0v) is 7.34. The summed E-state index contributed by atoms with van der Waals surface area (Å²) in [4.78, 5) is 11.1. The summed E-state index contributed by atoms with van der Waals surface area (Å²) in [5.74, 6) is -5.77. The van der Waals surface area contributed by atoms with Crippen LogP contribution in [0.4, 0.5) is 8.78 Å². The molecular formula is C8H10F2N2O. The highest BCUT2D eigenvalue weighted by Gasteiger charge is 2.69. The van der Waals surface area contributed by atoms with Gasteiger partial charge in [0, 0.05) is 5.92 Å². The predicted octanol–water partition coefficient (Wildman–Crippen LogP) is 0.916. The first kappa shape index (κ1) is 9.90. The van der Waals surface area contributed by atoms with Gasteiger partial charge in [0.05, 0.1) is 6.07 Å². The summed E-state index contributed by atoms with van der Waals surface area (Å²) in [5, 5.41) is 10.5. The number of hydrogen-bond acceptors (Lipinski definition) is 2. The van der Waals surface area contributed by atoms with E-state index in [0.717, 1.165) is 0 Å². The minimum absolute atomic E-state index is 0.712. The lowest BCUT2D eigenvalue weighted by Crippen LogP contribution is -2.34. The Balaban J connectivity index is 2.49. The fraction of sp³-hybridized carbons (Fsp3) is 0.750. The summed E-state index contributed by atoms with van der Waals surface area (Å²) in [7, 11) is 0. The van der Waals surface area contributed by atoms with Gasteiger partial charge in [-0.15, -0.1) is 0 Å². The fourth-order valence-electron chi connectivity index (χ4n) is 1.22. The summed E-state index contributed by atoms with van der Waals surface area (Å²) in [5.41, 5.74) is 0. The average molecular weight is 188 g/mol.